The maximum absolute atomic E-state index is 10.4. The molecule has 17 heavy (non-hydrogen) atoms. The van der Waals surface area contributed by atoms with Crippen molar-refractivity contribution < 1.29 is 4.79 Å². The van der Waals surface area contributed by atoms with Crippen LogP contribution in [0.1, 0.15) is 25.3 Å². The van der Waals surface area contributed by atoms with Crippen LogP contribution in [0.5, 0.6) is 0 Å². The number of thioether (sulfide) groups is 1. The van der Waals surface area contributed by atoms with E-state index in [2.05, 4.69) is 6.07 Å². The molecule has 0 heterocycles. The number of carbonyl (C=O) groups is 1. The van der Waals surface area contributed by atoms with Crippen molar-refractivity contribution in [3.63, 3.8) is 0 Å². The molecule has 0 amide bonds. The Morgan fingerprint density at radius 1 is 1.53 bits per heavy atom. The first-order valence-electron chi connectivity index (χ1n) is 5.24. The summed E-state index contributed by atoms with van der Waals surface area (Å²) >= 11 is 6.66. The molecule has 1 unspecified atom stereocenters. The van der Waals surface area contributed by atoms with Crippen LogP contribution in [0.4, 0.5) is 0 Å². The molecule has 0 spiro atoms. The van der Waals surface area contributed by atoms with Crippen LogP contribution in [0.3, 0.4) is 0 Å². The summed E-state index contributed by atoms with van der Waals surface area (Å²) in [5.41, 5.74) is 0.945. The van der Waals surface area contributed by atoms with Gasteiger partial charge in [-0.25, -0.2) is 0 Å². The van der Waals surface area contributed by atoms with E-state index in [0.29, 0.717) is 17.0 Å². The molecule has 4 heteroatoms. The molecule has 0 aliphatic heterocycles. The zero-order chi connectivity index (χ0) is 12.7. The first kappa shape index (κ1) is 13.9. The predicted molar refractivity (Wildman–Crippen MR) is 75.0 cm³/mol. The molecule has 0 aromatic heterocycles. The number of aldehydes is 1. The molecular weight excluding hydrogens is 250 g/mol. The minimum absolute atomic E-state index is 0.383. The lowest BCUT2D eigenvalue weighted by Gasteiger charge is -2.20. The van der Waals surface area contributed by atoms with Crippen molar-refractivity contribution in [2.75, 3.05) is 0 Å². The highest BCUT2D eigenvalue weighted by Gasteiger charge is 2.26. The van der Waals surface area contributed by atoms with Crippen molar-refractivity contribution in [3.05, 3.63) is 35.9 Å². The molecule has 2 nitrogen and oxygen atoms in total. The second kappa shape index (κ2) is 6.53. The summed E-state index contributed by atoms with van der Waals surface area (Å²) in [5, 5.41) is 9.16. The summed E-state index contributed by atoms with van der Waals surface area (Å²) in [4.78, 5) is 10.4. The van der Waals surface area contributed by atoms with Crippen LogP contribution in [-0.4, -0.2) is 15.2 Å². The molecule has 0 radical (unpaired) electrons. The summed E-state index contributed by atoms with van der Waals surface area (Å²) < 4.78 is 0.0638. The van der Waals surface area contributed by atoms with Crippen molar-refractivity contribution in [1.29, 1.82) is 5.26 Å². The lowest BCUT2D eigenvalue weighted by molar-refractivity contribution is -0.107. The smallest absolute Gasteiger partial charge is 0.120 e. The summed E-state index contributed by atoms with van der Waals surface area (Å²) in [7, 11) is 0. The van der Waals surface area contributed by atoms with Crippen LogP contribution >= 0.6 is 24.0 Å². The predicted octanol–water partition coefficient (Wildman–Crippen LogP) is 3.36. The fourth-order valence-electron chi connectivity index (χ4n) is 1.30. The van der Waals surface area contributed by atoms with Crippen molar-refractivity contribution in [2.45, 2.75) is 24.5 Å². The first-order chi connectivity index (χ1) is 8.11. The second-order valence-corrected chi connectivity index (χ2v) is 5.98. The molecule has 0 bridgehead atoms. The van der Waals surface area contributed by atoms with Crippen molar-refractivity contribution in [3.8, 4) is 6.07 Å². The Morgan fingerprint density at radius 2 is 2.18 bits per heavy atom. The largest absolute Gasteiger partial charge is 0.303 e. The summed E-state index contributed by atoms with van der Waals surface area (Å²) in [6.45, 7) is 1.82. The lowest BCUT2D eigenvalue weighted by Crippen LogP contribution is -2.19. The Balaban J connectivity index is 2.73. The lowest BCUT2D eigenvalue weighted by atomic mass is 10.1. The van der Waals surface area contributed by atoms with Gasteiger partial charge in [0.15, 0.2) is 0 Å². The standard InChI is InChI=1S/C13H13NOS2/c1-13(10-14,8-5-9-15)17-12(16)11-6-3-2-4-7-11/h2-4,6-7,9H,5,8H2,1H3. The SMILES string of the molecule is CC(C#N)(CCC=O)SC(=S)c1ccccc1. The van der Waals surface area contributed by atoms with Gasteiger partial charge in [0.05, 0.1) is 10.3 Å². The molecule has 1 aromatic carbocycles. The normalized spacial score (nSPS) is 13.4. The Labute approximate surface area is 111 Å². The minimum atomic E-state index is -0.631. The van der Waals surface area contributed by atoms with Crippen molar-refractivity contribution >= 4 is 34.5 Å². The molecule has 0 aliphatic rings. The molecule has 0 saturated heterocycles. The van der Waals surface area contributed by atoms with E-state index in [-0.39, 0.29) is 0 Å². The van der Waals surface area contributed by atoms with Crippen molar-refractivity contribution in [2.24, 2.45) is 0 Å². The first-order valence-corrected chi connectivity index (χ1v) is 6.47. The van der Waals surface area contributed by atoms with Crippen LogP contribution in [0.15, 0.2) is 30.3 Å². The highest BCUT2D eigenvalue weighted by atomic mass is 32.2. The number of rotatable bonds is 5. The Hall–Kier alpha value is -1.18. The number of thiocarbonyl (C=S) groups is 1. The molecule has 0 N–H and O–H groups in total. The van der Waals surface area contributed by atoms with Gasteiger partial charge in [0.2, 0.25) is 0 Å². The molecule has 1 aromatic rings. The highest BCUT2D eigenvalue weighted by Crippen LogP contribution is 2.32. The van der Waals surface area contributed by atoms with Crippen LogP contribution in [0.25, 0.3) is 0 Å². The third kappa shape index (κ3) is 4.29. The highest BCUT2D eigenvalue weighted by molar-refractivity contribution is 8.24. The average Bonchev–Trinajstić information content (AvgIpc) is 2.37. The second-order valence-electron chi connectivity index (χ2n) is 3.80. The van der Waals surface area contributed by atoms with E-state index in [1.54, 1.807) is 0 Å². The third-order valence-electron chi connectivity index (χ3n) is 2.30. The molecule has 1 rings (SSSR count). The van der Waals surface area contributed by atoms with E-state index in [4.69, 9.17) is 17.5 Å². The van der Waals surface area contributed by atoms with Gasteiger partial charge in [0.1, 0.15) is 11.0 Å². The maximum Gasteiger partial charge on any atom is 0.120 e. The number of carbonyl (C=O) groups excluding carboxylic acids is 1. The zero-order valence-corrected chi connectivity index (χ0v) is 11.2. The van der Waals surface area contributed by atoms with Gasteiger partial charge < -0.3 is 4.79 Å². The number of nitriles is 1. The number of hydrogen-bond acceptors (Lipinski definition) is 4. The Kier molecular flexibility index (Phi) is 5.33. The van der Waals surface area contributed by atoms with E-state index in [1.165, 1.54) is 11.8 Å². The van der Waals surface area contributed by atoms with Crippen LogP contribution in [-0.2, 0) is 4.79 Å². The summed E-state index contributed by atoms with van der Waals surface area (Å²) in [6, 6.07) is 11.8. The fraction of sp³-hybridized carbons (Fsp3) is 0.308. The van der Waals surface area contributed by atoms with Gasteiger partial charge in [-0.05, 0) is 18.9 Å². The molecule has 88 valence electrons. The summed E-state index contributed by atoms with van der Waals surface area (Å²) in [5.74, 6) is 0. The van der Waals surface area contributed by atoms with Gasteiger partial charge in [-0.3, -0.25) is 0 Å². The minimum Gasteiger partial charge on any atom is -0.303 e. The Morgan fingerprint density at radius 3 is 2.71 bits per heavy atom. The van der Waals surface area contributed by atoms with E-state index < -0.39 is 4.75 Å². The monoisotopic (exact) mass is 263 g/mol. The number of hydrogen-bond donors (Lipinski definition) is 0. The maximum atomic E-state index is 10.4. The Bertz CT molecular complexity index is 438. The summed E-state index contributed by atoms with van der Waals surface area (Å²) in [6.07, 6.45) is 1.74. The van der Waals surface area contributed by atoms with Gasteiger partial charge in [-0.2, -0.15) is 5.26 Å². The van der Waals surface area contributed by atoms with Gasteiger partial charge in [-0.1, -0.05) is 54.3 Å². The number of nitrogens with zero attached hydrogens (tertiary/aromatic N) is 1. The van der Waals surface area contributed by atoms with Crippen LogP contribution in [0.2, 0.25) is 0 Å². The topological polar surface area (TPSA) is 40.9 Å². The van der Waals surface area contributed by atoms with Gasteiger partial charge in [0, 0.05) is 6.42 Å². The molecule has 0 fully saturated rings. The van der Waals surface area contributed by atoms with Crippen LogP contribution < -0.4 is 0 Å². The molecule has 0 saturated carbocycles. The quantitative estimate of drug-likeness (QED) is 0.603. The fourth-order valence-corrected chi connectivity index (χ4v) is 2.92. The molecule has 1 atom stereocenters. The van der Waals surface area contributed by atoms with Crippen molar-refractivity contribution in [1.82, 2.24) is 0 Å². The zero-order valence-electron chi connectivity index (χ0n) is 9.55. The van der Waals surface area contributed by atoms with Gasteiger partial charge >= 0.3 is 0 Å². The molecular formula is C13H13NOS2. The van der Waals surface area contributed by atoms with Gasteiger partial charge in [-0.15, -0.1) is 0 Å². The van der Waals surface area contributed by atoms with Gasteiger partial charge in [0.25, 0.3) is 0 Å². The van der Waals surface area contributed by atoms with E-state index in [0.717, 1.165) is 11.8 Å². The third-order valence-corrected chi connectivity index (χ3v) is 3.96. The van der Waals surface area contributed by atoms with E-state index in [1.807, 2.05) is 37.3 Å². The number of benzene rings is 1. The average molecular weight is 263 g/mol. The molecule has 0 aliphatic carbocycles. The van der Waals surface area contributed by atoms with E-state index >= 15 is 0 Å². The van der Waals surface area contributed by atoms with E-state index in [9.17, 15) is 4.79 Å². The van der Waals surface area contributed by atoms with Crippen LogP contribution in [0, 0.1) is 11.3 Å².